The first kappa shape index (κ1) is 24.8. The number of ether oxygens (including phenoxy) is 1. The van der Waals surface area contributed by atoms with Gasteiger partial charge in [0.2, 0.25) is 0 Å². The quantitative estimate of drug-likeness (QED) is 0.424. The Labute approximate surface area is 160 Å². The van der Waals surface area contributed by atoms with Gasteiger partial charge in [-0.15, -0.1) is 0 Å². The van der Waals surface area contributed by atoms with Crippen molar-refractivity contribution >= 4 is 12.1 Å². The van der Waals surface area contributed by atoms with Crippen LogP contribution in [-0.4, -0.2) is 65.3 Å². The molecule has 1 unspecified atom stereocenters. The Morgan fingerprint density at radius 1 is 1.07 bits per heavy atom. The number of carbonyl (C=O) groups is 2. The number of aryl methyl sites for hydroxylation is 1. The number of aliphatic carboxylic acids is 1. The number of rotatable bonds is 8. The minimum absolute atomic E-state index is 0.139. The van der Waals surface area contributed by atoms with E-state index >= 15 is 0 Å². The summed E-state index contributed by atoms with van der Waals surface area (Å²) in [5, 5.41) is 30.6. The minimum Gasteiger partial charge on any atom is -0.480 e. The lowest BCUT2D eigenvalue weighted by Gasteiger charge is -2.22. The van der Waals surface area contributed by atoms with Crippen molar-refractivity contribution in [1.82, 2.24) is 10.6 Å². The third-order valence-corrected chi connectivity index (χ3v) is 3.13. The molecule has 1 amide bonds. The topological polar surface area (TPSA) is 128 Å². The van der Waals surface area contributed by atoms with Crippen molar-refractivity contribution in [3.8, 4) is 0 Å². The van der Waals surface area contributed by atoms with Crippen molar-refractivity contribution in [1.29, 1.82) is 0 Å². The molecule has 8 heteroatoms. The maximum Gasteiger partial charge on any atom is 0.408 e. The molecule has 0 aliphatic heterocycles. The molecule has 5 N–H and O–H groups in total. The average molecular weight is 384 g/mol. The summed E-state index contributed by atoms with van der Waals surface area (Å²) in [4.78, 5) is 22.8. The molecule has 8 nitrogen and oxygen atoms in total. The number of amides is 1. The zero-order valence-corrected chi connectivity index (χ0v) is 16.5. The van der Waals surface area contributed by atoms with Gasteiger partial charge in [-0.2, -0.15) is 0 Å². The van der Waals surface area contributed by atoms with Gasteiger partial charge in [-0.05, 0) is 33.3 Å². The number of carbonyl (C=O) groups excluding carboxylic acids is 1. The number of carboxylic acid groups (broad SMARTS) is 1. The van der Waals surface area contributed by atoms with Crippen LogP contribution in [0.2, 0.25) is 0 Å². The Balaban J connectivity index is 0.000000821. The van der Waals surface area contributed by atoms with E-state index in [2.05, 4.69) is 10.6 Å². The molecule has 0 fully saturated rings. The largest absolute Gasteiger partial charge is 0.480 e. The van der Waals surface area contributed by atoms with Gasteiger partial charge in [0.25, 0.3) is 0 Å². The molecule has 0 saturated heterocycles. The van der Waals surface area contributed by atoms with Crippen LogP contribution in [0.15, 0.2) is 24.3 Å². The fraction of sp³-hybridized carbons (Fsp3) is 0.579. The van der Waals surface area contributed by atoms with Crippen molar-refractivity contribution in [2.45, 2.75) is 45.8 Å². The highest BCUT2D eigenvalue weighted by atomic mass is 16.6. The normalized spacial score (nSPS) is 11.8. The van der Waals surface area contributed by atoms with Gasteiger partial charge in [-0.1, -0.05) is 29.8 Å². The number of alkyl carbamates (subject to hydrolysis) is 1. The SMILES string of the molecule is Cc1ccc(CC(NC(=O)OC(C)(C)C)C(=O)O)cc1.OCCNCCO. The number of aliphatic hydroxyl groups excluding tert-OH is 2. The summed E-state index contributed by atoms with van der Waals surface area (Å²) in [7, 11) is 0. The molecule has 0 aromatic heterocycles. The monoisotopic (exact) mass is 384 g/mol. The number of nitrogens with one attached hydrogen (secondary N) is 2. The second-order valence-electron chi connectivity index (χ2n) is 6.92. The summed E-state index contributed by atoms with van der Waals surface area (Å²) in [5.41, 5.74) is 1.29. The van der Waals surface area contributed by atoms with Gasteiger partial charge < -0.3 is 30.7 Å². The lowest BCUT2D eigenvalue weighted by Crippen LogP contribution is -2.44. The van der Waals surface area contributed by atoms with E-state index in [0.717, 1.165) is 11.1 Å². The smallest absolute Gasteiger partial charge is 0.408 e. The molecule has 1 rings (SSSR count). The second kappa shape index (κ2) is 13.1. The van der Waals surface area contributed by atoms with Crippen LogP contribution in [0.3, 0.4) is 0 Å². The number of benzene rings is 1. The van der Waals surface area contributed by atoms with E-state index in [1.165, 1.54) is 0 Å². The summed E-state index contributed by atoms with van der Waals surface area (Å²) < 4.78 is 5.06. The van der Waals surface area contributed by atoms with Crippen LogP contribution in [0.25, 0.3) is 0 Å². The van der Waals surface area contributed by atoms with Gasteiger partial charge in [0.1, 0.15) is 11.6 Å². The molecule has 1 aromatic rings. The van der Waals surface area contributed by atoms with Gasteiger partial charge in [-0.25, -0.2) is 9.59 Å². The molecule has 154 valence electrons. The van der Waals surface area contributed by atoms with E-state index in [-0.39, 0.29) is 19.6 Å². The van der Waals surface area contributed by atoms with Gasteiger partial charge in [0.05, 0.1) is 13.2 Å². The fourth-order valence-electron chi connectivity index (χ4n) is 1.89. The van der Waals surface area contributed by atoms with Gasteiger partial charge >= 0.3 is 12.1 Å². The molecule has 0 bridgehead atoms. The van der Waals surface area contributed by atoms with Crippen LogP contribution in [0.4, 0.5) is 4.79 Å². The summed E-state index contributed by atoms with van der Waals surface area (Å²) in [5.74, 6) is -1.09. The van der Waals surface area contributed by atoms with E-state index in [9.17, 15) is 9.59 Å². The summed E-state index contributed by atoms with van der Waals surface area (Å²) in [6.07, 6.45) is -0.508. The molecule has 1 atom stereocenters. The number of hydrogen-bond acceptors (Lipinski definition) is 6. The molecule has 1 aromatic carbocycles. The molecule has 0 aliphatic carbocycles. The van der Waals surface area contributed by atoms with Gasteiger partial charge in [0.15, 0.2) is 0 Å². The van der Waals surface area contributed by atoms with Crippen LogP contribution in [0.5, 0.6) is 0 Å². The highest BCUT2D eigenvalue weighted by Gasteiger charge is 2.24. The van der Waals surface area contributed by atoms with Crippen LogP contribution in [0.1, 0.15) is 31.9 Å². The first-order valence-electron chi connectivity index (χ1n) is 8.79. The standard InChI is InChI=1S/C15H21NO4.C4H11NO2/c1-10-5-7-11(8-6-10)9-12(13(17)18)16-14(19)20-15(2,3)4;6-3-1-5-2-4-7/h5-8,12H,9H2,1-4H3,(H,16,19)(H,17,18);5-7H,1-4H2. The maximum atomic E-state index is 11.6. The second-order valence-corrected chi connectivity index (χ2v) is 6.92. The zero-order chi connectivity index (χ0) is 20.9. The Morgan fingerprint density at radius 2 is 1.59 bits per heavy atom. The Bertz CT molecular complexity index is 550. The van der Waals surface area contributed by atoms with E-state index in [0.29, 0.717) is 13.1 Å². The van der Waals surface area contributed by atoms with Crippen LogP contribution in [-0.2, 0) is 16.0 Å². The predicted molar refractivity (Wildman–Crippen MR) is 103 cm³/mol. The Morgan fingerprint density at radius 3 is 2.00 bits per heavy atom. The molecule has 0 saturated carbocycles. The van der Waals surface area contributed by atoms with Crippen molar-refractivity contribution in [2.75, 3.05) is 26.3 Å². The highest BCUT2D eigenvalue weighted by Crippen LogP contribution is 2.09. The third kappa shape index (κ3) is 13.7. The molecule has 0 radical (unpaired) electrons. The molecule has 0 spiro atoms. The van der Waals surface area contributed by atoms with Crippen LogP contribution in [0, 0.1) is 6.92 Å². The lowest BCUT2D eigenvalue weighted by molar-refractivity contribution is -0.139. The molecular weight excluding hydrogens is 352 g/mol. The van der Waals surface area contributed by atoms with Gasteiger partial charge in [0, 0.05) is 19.5 Å². The highest BCUT2D eigenvalue weighted by molar-refractivity contribution is 5.80. The van der Waals surface area contributed by atoms with E-state index < -0.39 is 23.7 Å². The molecule has 27 heavy (non-hydrogen) atoms. The molecule has 0 aliphatic rings. The maximum absolute atomic E-state index is 11.6. The minimum atomic E-state index is -1.09. The van der Waals surface area contributed by atoms with Gasteiger partial charge in [-0.3, -0.25) is 0 Å². The summed E-state index contributed by atoms with van der Waals surface area (Å²) in [6, 6.07) is 6.50. The van der Waals surface area contributed by atoms with Crippen molar-refractivity contribution in [2.24, 2.45) is 0 Å². The first-order chi connectivity index (χ1) is 12.6. The Kier molecular flexibility index (Phi) is 12.0. The van der Waals surface area contributed by atoms with Crippen molar-refractivity contribution in [3.05, 3.63) is 35.4 Å². The van der Waals surface area contributed by atoms with Crippen LogP contribution >= 0.6 is 0 Å². The summed E-state index contributed by atoms with van der Waals surface area (Å²) >= 11 is 0. The Hall–Kier alpha value is -2.16. The molecular formula is C19H32N2O6. The average Bonchev–Trinajstić information content (AvgIpc) is 2.55. The number of carboxylic acids is 1. The van der Waals surface area contributed by atoms with Crippen molar-refractivity contribution in [3.63, 3.8) is 0 Å². The van der Waals surface area contributed by atoms with Crippen molar-refractivity contribution < 1.29 is 29.6 Å². The third-order valence-electron chi connectivity index (χ3n) is 3.13. The van der Waals surface area contributed by atoms with E-state index in [4.69, 9.17) is 20.1 Å². The van der Waals surface area contributed by atoms with Crippen LogP contribution < -0.4 is 10.6 Å². The number of aliphatic hydroxyl groups is 2. The molecule has 0 heterocycles. The van der Waals surface area contributed by atoms with E-state index in [1.54, 1.807) is 20.8 Å². The lowest BCUT2D eigenvalue weighted by atomic mass is 10.0. The van der Waals surface area contributed by atoms with E-state index in [1.807, 2.05) is 31.2 Å². The predicted octanol–water partition coefficient (Wildman–Crippen LogP) is 1.08. The first-order valence-corrected chi connectivity index (χ1v) is 8.79. The summed E-state index contributed by atoms with van der Waals surface area (Å²) in [6.45, 7) is 8.55. The zero-order valence-electron chi connectivity index (χ0n) is 16.5. The fourth-order valence-corrected chi connectivity index (χ4v) is 1.89. The number of hydrogen-bond donors (Lipinski definition) is 5.